The smallest absolute Gasteiger partial charge is 0.0400 e. The van der Waals surface area contributed by atoms with Gasteiger partial charge < -0.3 is 10.6 Å². The predicted molar refractivity (Wildman–Crippen MR) is 91.3 cm³/mol. The van der Waals surface area contributed by atoms with Crippen molar-refractivity contribution in [2.75, 3.05) is 11.9 Å². The Hall–Kier alpha value is -0.540. The molecular weight excluding hydrogens is 312 g/mol. The van der Waals surface area contributed by atoms with Crippen LogP contribution in [0.15, 0.2) is 22.7 Å². The van der Waals surface area contributed by atoms with Crippen molar-refractivity contribution in [1.29, 1.82) is 0 Å². The fourth-order valence-electron chi connectivity index (χ4n) is 3.24. The Kier molecular flexibility index (Phi) is 5.50. The summed E-state index contributed by atoms with van der Waals surface area (Å²) in [5.74, 6) is 0.896. The van der Waals surface area contributed by atoms with Crippen LogP contribution in [0, 0.1) is 5.92 Å². The number of rotatable bonds is 4. The number of nitrogens with zero attached hydrogens (tertiary/aromatic N) is 1. The van der Waals surface area contributed by atoms with Crippen LogP contribution in [0.1, 0.15) is 45.1 Å². The Morgan fingerprint density at radius 1 is 1.30 bits per heavy atom. The van der Waals surface area contributed by atoms with Crippen LogP contribution in [0.2, 0.25) is 0 Å². The van der Waals surface area contributed by atoms with Gasteiger partial charge in [-0.25, -0.2) is 0 Å². The van der Waals surface area contributed by atoms with E-state index < -0.39 is 0 Å². The minimum Gasteiger partial charge on any atom is -0.371 e. The third-order valence-corrected chi connectivity index (χ3v) is 4.99. The summed E-state index contributed by atoms with van der Waals surface area (Å²) in [5.41, 5.74) is 8.72. The van der Waals surface area contributed by atoms with Crippen LogP contribution in [0.25, 0.3) is 0 Å². The second-order valence-electron chi connectivity index (χ2n) is 6.48. The molecule has 0 bridgehead atoms. The van der Waals surface area contributed by atoms with Gasteiger partial charge in [0.2, 0.25) is 0 Å². The van der Waals surface area contributed by atoms with E-state index >= 15 is 0 Å². The maximum Gasteiger partial charge on any atom is 0.0400 e. The van der Waals surface area contributed by atoms with Gasteiger partial charge >= 0.3 is 0 Å². The van der Waals surface area contributed by atoms with E-state index in [9.17, 15) is 0 Å². The summed E-state index contributed by atoms with van der Waals surface area (Å²) in [6.07, 6.45) is 6.27. The van der Waals surface area contributed by atoms with Gasteiger partial charge in [0.05, 0.1) is 0 Å². The fourth-order valence-corrected chi connectivity index (χ4v) is 3.64. The molecule has 0 radical (unpaired) electrons. The third-order valence-electron chi connectivity index (χ3n) is 4.50. The van der Waals surface area contributed by atoms with Crippen LogP contribution in [-0.4, -0.2) is 19.1 Å². The Morgan fingerprint density at radius 2 is 1.95 bits per heavy atom. The van der Waals surface area contributed by atoms with Gasteiger partial charge in [0.1, 0.15) is 0 Å². The van der Waals surface area contributed by atoms with E-state index in [0.29, 0.717) is 6.04 Å². The largest absolute Gasteiger partial charge is 0.371 e. The molecule has 1 atom stereocenters. The molecule has 1 aromatic carbocycles. The fraction of sp³-hybridized carbons (Fsp3) is 0.647. The van der Waals surface area contributed by atoms with Crippen LogP contribution >= 0.6 is 15.9 Å². The average Bonchev–Trinajstić information content (AvgIpc) is 2.38. The first-order valence-corrected chi connectivity index (χ1v) is 8.53. The summed E-state index contributed by atoms with van der Waals surface area (Å²) in [6.45, 7) is 4.45. The lowest BCUT2D eigenvalue weighted by Gasteiger charge is -2.36. The van der Waals surface area contributed by atoms with E-state index in [1.165, 1.54) is 36.9 Å². The van der Waals surface area contributed by atoms with Gasteiger partial charge in [-0.15, -0.1) is 0 Å². The van der Waals surface area contributed by atoms with Crippen molar-refractivity contribution >= 4 is 21.6 Å². The summed E-state index contributed by atoms with van der Waals surface area (Å²) in [7, 11) is 2.24. The zero-order valence-electron chi connectivity index (χ0n) is 12.9. The van der Waals surface area contributed by atoms with Gasteiger partial charge in [0, 0.05) is 29.3 Å². The molecule has 1 fully saturated rings. The molecule has 2 nitrogen and oxygen atoms in total. The first kappa shape index (κ1) is 15.8. The van der Waals surface area contributed by atoms with E-state index in [4.69, 9.17) is 5.73 Å². The summed E-state index contributed by atoms with van der Waals surface area (Å²) in [5, 5.41) is 0. The monoisotopic (exact) mass is 338 g/mol. The molecule has 1 aliphatic carbocycles. The van der Waals surface area contributed by atoms with Gasteiger partial charge in [0.25, 0.3) is 0 Å². The van der Waals surface area contributed by atoms with E-state index in [1.54, 1.807) is 0 Å². The lowest BCUT2D eigenvalue weighted by molar-refractivity contribution is 0.340. The van der Waals surface area contributed by atoms with Crippen LogP contribution < -0.4 is 10.6 Å². The number of nitrogens with two attached hydrogens (primary N) is 1. The zero-order valence-corrected chi connectivity index (χ0v) is 14.5. The van der Waals surface area contributed by atoms with E-state index in [1.807, 2.05) is 0 Å². The number of benzene rings is 1. The van der Waals surface area contributed by atoms with Gasteiger partial charge in [0.15, 0.2) is 0 Å². The molecule has 2 N–H and O–H groups in total. The van der Waals surface area contributed by atoms with Gasteiger partial charge in [-0.05, 0) is 68.7 Å². The summed E-state index contributed by atoms with van der Waals surface area (Å²) in [6, 6.07) is 7.48. The summed E-state index contributed by atoms with van der Waals surface area (Å²) < 4.78 is 1.14. The maximum atomic E-state index is 6.01. The van der Waals surface area contributed by atoms with Gasteiger partial charge in [-0.3, -0.25) is 0 Å². The Balaban J connectivity index is 2.18. The molecule has 0 heterocycles. The predicted octanol–water partition coefficient (Wildman–Crippen LogP) is 4.35. The molecule has 3 heteroatoms. The molecule has 112 valence electrons. The molecule has 0 spiro atoms. The van der Waals surface area contributed by atoms with Gasteiger partial charge in [-0.1, -0.05) is 22.9 Å². The molecule has 0 aliphatic heterocycles. The molecule has 2 rings (SSSR count). The number of hydrogen-bond donors (Lipinski definition) is 1. The van der Waals surface area contributed by atoms with E-state index in [2.05, 4.69) is 59.9 Å². The van der Waals surface area contributed by atoms with Crippen LogP contribution in [0.3, 0.4) is 0 Å². The van der Waals surface area contributed by atoms with Crippen molar-refractivity contribution in [2.24, 2.45) is 11.7 Å². The van der Waals surface area contributed by atoms with Crippen LogP contribution in [0.4, 0.5) is 5.69 Å². The van der Waals surface area contributed by atoms with Crippen molar-refractivity contribution < 1.29 is 0 Å². The summed E-state index contributed by atoms with van der Waals surface area (Å²) in [4.78, 5) is 2.48. The zero-order chi connectivity index (χ0) is 14.7. The highest BCUT2D eigenvalue weighted by molar-refractivity contribution is 9.10. The van der Waals surface area contributed by atoms with Gasteiger partial charge in [-0.2, -0.15) is 0 Å². The first-order valence-electron chi connectivity index (χ1n) is 7.74. The van der Waals surface area contributed by atoms with Crippen molar-refractivity contribution in [2.45, 2.75) is 58.0 Å². The Bertz CT molecular complexity index is 437. The number of anilines is 1. The minimum atomic E-state index is 0.197. The average molecular weight is 339 g/mol. The second kappa shape index (κ2) is 6.95. The highest BCUT2D eigenvalue weighted by Crippen LogP contribution is 2.32. The van der Waals surface area contributed by atoms with Crippen molar-refractivity contribution in [1.82, 2.24) is 0 Å². The van der Waals surface area contributed by atoms with Crippen LogP contribution in [-0.2, 0) is 6.42 Å². The van der Waals surface area contributed by atoms with Crippen LogP contribution in [0.5, 0.6) is 0 Å². The van der Waals surface area contributed by atoms with E-state index in [0.717, 1.165) is 16.8 Å². The Morgan fingerprint density at radius 3 is 2.55 bits per heavy atom. The quantitative estimate of drug-likeness (QED) is 0.883. The molecule has 0 saturated heterocycles. The SMILES string of the molecule is CC(N)Cc1cc(Br)ccc1N(C)C1CCC(C)CC1. The highest BCUT2D eigenvalue weighted by Gasteiger charge is 2.23. The second-order valence-corrected chi connectivity index (χ2v) is 7.39. The van der Waals surface area contributed by atoms with Crippen molar-refractivity contribution in [3.8, 4) is 0 Å². The molecule has 1 saturated carbocycles. The lowest BCUT2D eigenvalue weighted by atomic mass is 9.86. The minimum absolute atomic E-state index is 0.197. The maximum absolute atomic E-state index is 6.01. The molecule has 0 amide bonds. The Labute approximate surface area is 131 Å². The topological polar surface area (TPSA) is 29.3 Å². The molecule has 0 aromatic heterocycles. The third kappa shape index (κ3) is 3.98. The van der Waals surface area contributed by atoms with E-state index in [-0.39, 0.29) is 6.04 Å². The number of halogens is 1. The molecular formula is C17H27BrN2. The molecule has 20 heavy (non-hydrogen) atoms. The normalized spacial score (nSPS) is 24.4. The standard InChI is InChI=1S/C17H27BrN2/c1-12-4-7-16(8-5-12)20(3)17-9-6-15(18)11-14(17)10-13(2)19/h6,9,11-13,16H,4-5,7-8,10,19H2,1-3H3. The summed E-state index contributed by atoms with van der Waals surface area (Å²) >= 11 is 3.58. The highest BCUT2D eigenvalue weighted by atomic mass is 79.9. The molecule has 1 aromatic rings. The van der Waals surface area contributed by atoms with Crippen molar-refractivity contribution in [3.05, 3.63) is 28.2 Å². The number of hydrogen-bond acceptors (Lipinski definition) is 2. The molecule has 1 aliphatic rings. The molecule has 1 unspecified atom stereocenters. The first-order chi connectivity index (χ1) is 9.47. The lowest BCUT2D eigenvalue weighted by Crippen LogP contribution is -2.35. The van der Waals surface area contributed by atoms with Crippen molar-refractivity contribution in [3.63, 3.8) is 0 Å².